The molecular formula is C27H26N2O3. The first kappa shape index (κ1) is 20.3. The number of hydrogen-bond donors (Lipinski definition) is 0. The van der Waals surface area contributed by atoms with Gasteiger partial charge in [-0.1, -0.05) is 48.0 Å². The molecule has 5 nitrogen and oxygen atoms in total. The molecule has 1 fully saturated rings. The maximum absolute atomic E-state index is 13.1. The summed E-state index contributed by atoms with van der Waals surface area (Å²) in [4.78, 5) is 19.8. The van der Waals surface area contributed by atoms with Crippen molar-refractivity contribution in [3.8, 4) is 16.9 Å². The predicted octanol–water partition coefficient (Wildman–Crippen LogP) is 5.72. The van der Waals surface area contributed by atoms with Gasteiger partial charge in [0.2, 0.25) is 11.8 Å². The number of amides is 1. The molecule has 0 radical (unpaired) electrons. The van der Waals surface area contributed by atoms with Gasteiger partial charge in [-0.3, -0.25) is 4.79 Å². The van der Waals surface area contributed by atoms with Gasteiger partial charge >= 0.3 is 0 Å². The van der Waals surface area contributed by atoms with E-state index in [0.717, 1.165) is 52.9 Å². The van der Waals surface area contributed by atoms with Crippen LogP contribution in [0, 0.1) is 6.92 Å². The molecule has 0 spiro atoms. The third kappa shape index (κ3) is 3.98. The SMILES string of the molecule is COc1ccc(CC(=O)N2CCC[C@H]2c2nc3cc(-c4cccc(C)c4)ccc3o2)cc1. The number of aromatic nitrogens is 1. The van der Waals surface area contributed by atoms with Gasteiger partial charge in [-0.05, 0) is 60.7 Å². The first-order valence-corrected chi connectivity index (χ1v) is 11.0. The Morgan fingerprint density at radius 2 is 1.91 bits per heavy atom. The highest BCUT2D eigenvalue weighted by Crippen LogP contribution is 2.35. The van der Waals surface area contributed by atoms with E-state index in [-0.39, 0.29) is 11.9 Å². The summed E-state index contributed by atoms with van der Waals surface area (Å²) >= 11 is 0. The number of nitrogens with zero attached hydrogens (tertiary/aromatic N) is 2. The lowest BCUT2D eigenvalue weighted by Gasteiger charge is -2.22. The summed E-state index contributed by atoms with van der Waals surface area (Å²) < 4.78 is 11.3. The Hall–Kier alpha value is -3.60. The summed E-state index contributed by atoms with van der Waals surface area (Å²) in [5.74, 6) is 1.51. The predicted molar refractivity (Wildman–Crippen MR) is 125 cm³/mol. The second-order valence-corrected chi connectivity index (χ2v) is 8.37. The number of carbonyl (C=O) groups excluding carboxylic acids is 1. The lowest BCUT2D eigenvalue weighted by Crippen LogP contribution is -2.32. The molecule has 1 atom stereocenters. The first-order valence-electron chi connectivity index (χ1n) is 11.0. The van der Waals surface area contributed by atoms with E-state index in [1.54, 1.807) is 7.11 Å². The van der Waals surface area contributed by atoms with E-state index in [2.05, 4.69) is 43.3 Å². The minimum atomic E-state index is -0.115. The number of hydrogen-bond acceptors (Lipinski definition) is 4. The zero-order valence-electron chi connectivity index (χ0n) is 18.4. The van der Waals surface area contributed by atoms with Crippen molar-refractivity contribution in [1.82, 2.24) is 9.88 Å². The number of carbonyl (C=O) groups is 1. The summed E-state index contributed by atoms with van der Waals surface area (Å²) in [6, 6.07) is 22.1. The van der Waals surface area contributed by atoms with Crippen molar-refractivity contribution in [3.63, 3.8) is 0 Å². The molecule has 0 aliphatic carbocycles. The Morgan fingerprint density at radius 1 is 1.09 bits per heavy atom. The Kier molecular flexibility index (Phi) is 5.39. The molecule has 1 amide bonds. The number of methoxy groups -OCH3 is 1. The van der Waals surface area contributed by atoms with Crippen molar-refractivity contribution in [2.24, 2.45) is 0 Å². The van der Waals surface area contributed by atoms with Gasteiger partial charge in [0, 0.05) is 6.54 Å². The number of oxazole rings is 1. The zero-order valence-corrected chi connectivity index (χ0v) is 18.4. The molecule has 1 saturated heterocycles. The molecule has 5 heteroatoms. The molecule has 4 aromatic rings. The average molecular weight is 427 g/mol. The maximum atomic E-state index is 13.1. The van der Waals surface area contributed by atoms with E-state index >= 15 is 0 Å². The minimum Gasteiger partial charge on any atom is -0.497 e. The Labute approximate surface area is 187 Å². The Bertz CT molecular complexity index is 1260. The lowest BCUT2D eigenvalue weighted by molar-refractivity contribution is -0.131. The average Bonchev–Trinajstić information content (AvgIpc) is 3.46. The minimum absolute atomic E-state index is 0.0976. The molecule has 1 aromatic heterocycles. The van der Waals surface area contributed by atoms with Crippen LogP contribution >= 0.6 is 0 Å². The number of ether oxygens (including phenoxy) is 1. The largest absolute Gasteiger partial charge is 0.497 e. The summed E-state index contributed by atoms with van der Waals surface area (Å²) in [6.07, 6.45) is 2.18. The van der Waals surface area contributed by atoms with Gasteiger partial charge in [0.05, 0.1) is 13.5 Å². The molecule has 162 valence electrons. The Balaban J connectivity index is 1.37. The van der Waals surface area contributed by atoms with Crippen LogP contribution in [0.4, 0.5) is 0 Å². The summed E-state index contributed by atoms with van der Waals surface area (Å²) in [6.45, 7) is 2.82. The molecule has 5 rings (SSSR count). The highest BCUT2D eigenvalue weighted by molar-refractivity contribution is 5.81. The van der Waals surface area contributed by atoms with Crippen LogP contribution in [0.3, 0.4) is 0 Å². The Morgan fingerprint density at radius 3 is 2.69 bits per heavy atom. The molecule has 0 N–H and O–H groups in total. The van der Waals surface area contributed by atoms with E-state index in [1.807, 2.05) is 35.2 Å². The highest BCUT2D eigenvalue weighted by Gasteiger charge is 2.33. The number of rotatable bonds is 5. The van der Waals surface area contributed by atoms with Gasteiger partial charge < -0.3 is 14.1 Å². The highest BCUT2D eigenvalue weighted by atomic mass is 16.5. The quantitative estimate of drug-likeness (QED) is 0.410. The van der Waals surface area contributed by atoms with E-state index in [1.165, 1.54) is 5.56 Å². The van der Waals surface area contributed by atoms with Crippen LogP contribution in [0.15, 0.2) is 71.1 Å². The molecule has 1 aliphatic heterocycles. The fourth-order valence-corrected chi connectivity index (χ4v) is 4.43. The molecule has 0 saturated carbocycles. The third-order valence-corrected chi connectivity index (χ3v) is 6.13. The second kappa shape index (κ2) is 8.50. The standard InChI is InChI=1S/C27H26N2O3/c1-18-5-3-6-20(15-18)21-10-13-25-23(17-21)28-27(32-25)24-7-4-14-29(24)26(30)16-19-8-11-22(31-2)12-9-19/h3,5-6,8-13,15,17,24H,4,7,14,16H2,1-2H3/t24-/m0/s1. The molecule has 32 heavy (non-hydrogen) atoms. The van der Waals surface area contributed by atoms with Gasteiger partial charge in [0.15, 0.2) is 5.58 Å². The van der Waals surface area contributed by atoms with E-state index in [0.29, 0.717) is 12.3 Å². The maximum Gasteiger partial charge on any atom is 0.227 e. The normalized spacial score (nSPS) is 15.9. The van der Waals surface area contributed by atoms with E-state index < -0.39 is 0 Å². The van der Waals surface area contributed by atoms with Gasteiger partial charge in [0.25, 0.3) is 0 Å². The van der Waals surface area contributed by atoms with Crippen molar-refractivity contribution in [3.05, 3.63) is 83.7 Å². The lowest BCUT2D eigenvalue weighted by atomic mass is 10.0. The van der Waals surface area contributed by atoms with E-state index in [4.69, 9.17) is 14.1 Å². The topological polar surface area (TPSA) is 55.6 Å². The summed E-state index contributed by atoms with van der Waals surface area (Å²) in [7, 11) is 1.64. The summed E-state index contributed by atoms with van der Waals surface area (Å²) in [5, 5.41) is 0. The monoisotopic (exact) mass is 426 g/mol. The second-order valence-electron chi connectivity index (χ2n) is 8.37. The summed E-state index contributed by atoms with van der Waals surface area (Å²) in [5.41, 5.74) is 6.05. The van der Waals surface area contributed by atoms with Crippen LogP contribution in [-0.4, -0.2) is 29.4 Å². The fourth-order valence-electron chi connectivity index (χ4n) is 4.43. The smallest absolute Gasteiger partial charge is 0.227 e. The molecule has 0 unspecified atom stereocenters. The fraction of sp³-hybridized carbons (Fsp3) is 0.259. The van der Waals surface area contributed by atoms with E-state index in [9.17, 15) is 4.79 Å². The number of aryl methyl sites for hydroxylation is 1. The number of fused-ring (bicyclic) bond motifs is 1. The number of benzene rings is 3. The third-order valence-electron chi connectivity index (χ3n) is 6.13. The first-order chi connectivity index (χ1) is 15.6. The van der Waals surface area contributed by atoms with Gasteiger partial charge in [-0.25, -0.2) is 4.98 Å². The van der Waals surface area contributed by atoms with Crippen molar-refractivity contribution in [2.45, 2.75) is 32.2 Å². The van der Waals surface area contributed by atoms with Crippen LogP contribution in [0.5, 0.6) is 5.75 Å². The van der Waals surface area contributed by atoms with Crippen LogP contribution in [-0.2, 0) is 11.2 Å². The molecule has 2 heterocycles. The van der Waals surface area contributed by atoms with Crippen LogP contribution in [0.25, 0.3) is 22.2 Å². The van der Waals surface area contributed by atoms with Gasteiger partial charge in [0.1, 0.15) is 17.3 Å². The van der Waals surface area contributed by atoms with Crippen molar-refractivity contribution in [2.75, 3.05) is 13.7 Å². The zero-order chi connectivity index (χ0) is 22.1. The number of likely N-dealkylation sites (tertiary alicyclic amines) is 1. The molecule has 0 bridgehead atoms. The molecule has 1 aliphatic rings. The van der Waals surface area contributed by atoms with Crippen LogP contribution in [0.1, 0.15) is 35.9 Å². The van der Waals surface area contributed by atoms with Crippen molar-refractivity contribution < 1.29 is 13.9 Å². The molecule has 3 aromatic carbocycles. The van der Waals surface area contributed by atoms with Gasteiger partial charge in [-0.15, -0.1) is 0 Å². The van der Waals surface area contributed by atoms with Crippen LogP contribution < -0.4 is 4.74 Å². The van der Waals surface area contributed by atoms with Crippen molar-refractivity contribution in [1.29, 1.82) is 0 Å². The van der Waals surface area contributed by atoms with Crippen molar-refractivity contribution >= 4 is 17.0 Å². The molecular weight excluding hydrogens is 400 g/mol. The van der Waals surface area contributed by atoms with Gasteiger partial charge in [-0.2, -0.15) is 0 Å². The van der Waals surface area contributed by atoms with Crippen LogP contribution in [0.2, 0.25) is 0 Å².